The van der Waals surface area contributed by atoms with Crippen molar-refractivity contribution in [2.24, 2.45) is 5.73 Å². The van der Waals surface area contributed by atoms with Gasteiger partial charge in [-0.3, -0.25) is 0 Å². The first-order valence-corrected chi connectivity index (χ1v) is 5.34. The fourth-order valence-corrected chi connectivity index (χ4v) is 1.36. The van der Waals surface area contributed by atoms with Crippen molar-refractivity contribution < 1.29 is 15.3 Å². The van der Waals surface area contributed by atoms with Gasteiger partial charge in [0.05, 0.1) is 18.8 Å². The van der Waals surface area contributed by atoms with E-state index in [1.807, 2.05) is 0 Å². The summed E-state index contributed by atoms with van der Waals surface area (Å²) in [5, 5.41) is 27.3. The Morgan fingerprint density at radius 1 is 1.21 bits per heavy atom. The lowest BCUT2D eigenvalue weighted by Gasteiger charge is -2.20. The second-order valence-corrected chi connectivity index (χ2v) is 3.80. The van der Waals surface area contributed by atoms with Crippen LogP contribution in [-0.4, -0.2) is 40.2 Å². The van der Waals surface area contributed by atoms with E-state index in [0.29, 0.717) is 6.42 Å². The van der Waals surface area contributed by atoms with E-state index in [1.165, 1.54) is 0 Å². The van der Waals surface area contributed by atoms with Gasteiger partial charge in [-0.2, -0.15) is 0 Å². The van der Waals surface area contributed by atoms with Crippen molar-refractivity contribution in [2.75, 3.05) is 6.61 Å². The Morgan fingerprint density at radius 2 is 1.86 bits per heavy atom. The summed E-state index contributed by atoms with van der Waals surface area (Å²) in [4.78, 5) is 0. The summed E-state index contributed by atoms with van der Waals surface area (Å²) in [6.45, 7) is 1.80. The molecule has 3 atom stereocenters. The predicted molar refractivity (Wildman–Crippen MR) is 55.8 cm³/mol. The molecular formula is C10H23NO3. The van der Waals surface area contributed by atoms with E-state index < -0.39 is 18.2 Å². The molecule has 0 aliphatic carbocycles. The summed E-state index contributed by atoms with van der Waals surface area (Å²) in [6, 6.07) is -0.436. The molecule has 0 aromatic heterocycles. The van der Waals surface area contributed by atoms with E-state index in [2.05, 4.69) is 6.92 Å². The Hall–Kier alpha value is -0.160. The highest BCUT2D eigenvalue weighted by Crippen LogP contribution is 2.09. The molecule has 0 bridgehead atoms. The lowest BCUT2D eigenvalue weighted by atomic mass is 10.00. The normalized spacial score (nSPS) is 17.8. The average Bonchev–Trinajstić information content (AvgIpc) is 2.17. The summed E-state index contributed by atoms with van der Waals surface area (Å²) in [5.74, 6) is 0. The Balaban J connectivity index is 3.58. The highest BCUT2D eigenvalue weighted by Gasteiger charge is 2.17. The molecule has 0 aliphatic rings. The molecule has 86 valence electrons. The Kier molecular flexibility index (Phi) is 8.08. The molecule has 0 unspecified atom stereocenters. The maximum absolute atomic E-state index is 9.57. The number of rotatable bonds is 8. The molecule has 0 amide bonds. The van der Waals surface area contributed by atoms with Crippen molar-refractivity contribution in [3.8, 4) is 0 Å². The van der Waals surface area contributed by atoms with Crippen molar-refractivity contribution in [3.05, 3.63) is 0 Å². The van der Waals surface area contributed by atoms with Crippen LogP contribution < -0.4 is 5.73 Å². The monoisotopic (exact) mass is 205 g/mol. The summed E-state index contributed by atoms with van der Waals surface area (Å²) >= 11 is 0. The molecule has 0 fully saturated rings. The zero-order valence-corrected chi connectivity index (χ0v) is 8.89. The molecule has 0 heterocycles. The van der Waals surface area contributed by atoms with Gasteiger partial charge in [0.25, 0.3) is 0 Å². The second-order valence-electron chi connectivity index (χ2n) is 3.80. The first-order valence-electron chi connectivity index (χ1n) is 5.34. The minimum atomic E-state index is -0.814. The smallest absolute Gasteiger partial charge is 0.0786 e. The van der Waals surface area contributed by atoms with Crippen LogP contribution >= 0.6 is 0 Å². The highest BCUT2D eigenvalue weighted by atomic mass is 16.3. The van der Waals surface area contributed by atoms with Gasteiger partial charge in [-0.1, -0.05) is 26.2 Å². The van der Waals surface area contributed by atoms with E-state index in [4.69, 9.17) is 15.9 Å². The van der Waals surface area contributed by atoms with E-state index in [1.54, 1.807) is 0 Å². The minimum absolute atomic E-state index is 0.254. The van der Waals surface area contributed by atoms with Gasteiger partial charge in [0.1, 0.15) is 0 Å². The lowest BCUT2D eigenvalue weighted by Crippen LogP contribution is -2.38. The number of aliphatic hydroxyl groups excluding tert-OH is 3. The van der Waals surface area contributed by atoms with Gasteiger partial charge in [-0.05, 0) is 12.8 Å². The summed E-state index contributed by atoms with van der Waals surface area (Å²) in [7, 11) is 0. The fraction of sp³-hybridized carbons (Fsp3) is 1.00. The molecule has 0 saturated heterocycles. The number of hydrogen-bond acceptors (Lipinski definition) is 4. The molecular weight excluding hydrogens is 182 g/mol. The average molecular weight is 205 g/mol. The van der Waals surface area contributed by atoms with Crippen molar-refractivity contribution in [1.29, 1.82) is 0 Å². The van der Waals surface area contributed by atoms with Crippen LogP contribution in [0.25, 0.3) is 0 Å². The number of hydrogen-bond donors (Lipinski definition) is 4. The van der Waals surface area contributed by atoms with Crippen LogP contribution in [0.5, 0.6) is 0 Å². The summed E-state index contributed by atoms with van der Waals surface area (Å²) in [6.07, 6.45) is 2.71. The number of aliphatic hydroxyl groups is 3. The Labute approximate surface area is 85.7 Å². The van der Waals surface area contributed by atoms with E-state index in [-0.39, 0.29) is 13.0 Å². The molecule has 4 heteroatoms. The minimum Gasteiger partial charge on any atom is -0.394 e. The highest BCUT2D eigenvalue weighted by molar-refractivity contribution is 4.74. The Bertz CT molecular complexity index is 133. The standard InChI is InChI=1S/C10H23NO3/c1-2-3-4-5-10(14)9(11)6-8(13)7-12/h8-10,12-14H,2-7,11H2,1H3/t8-,9+,10-/m1/s1. The predicted octanol–water partition coefficient (Wildman–Crippen LogP) is -0.00180. The van der Waals surface area contributed by atoms with Crippen molar-refractivity contribution >= 4 is 0 Å². The molecule has 4 nitrogen and oxygen atoms in total. The van der Waals surface area contributed by atoms with Crippen LogP contribution in [0, 0.1) is 0 Å². The number of unbranched alkanes of at least 4 members (excludes halogenated alkanes) is 2. The van der Waals surface area contributed by atoms with Gasteiger partial charge >= 0.3 is 0 Å². The first kappa shape index (κ1) is 13.8. The molecule has 0 aliphatic heterocycles. The van der Waals surface area contributed by atoms with Gasteiger partial charge in [-0.15, -0.1) is 0 Å². The van der Waals surface area contributed by atoms with Crippen molar-refractivity contribution in [1.82, 2.24) is 0 Å². The third-order valence-corrected chi connectivity index (χ3v) is 2.35. The topological polar surface area (TPSA) is 86.7 Å². The fourth-order valence-electron chi connectivity index (χ4n) is 1.36. The van der Waals surface area contributed by atoms with Gasteiger partial charge in [-0.25, -0.2) is 0 Å². The zero-order valence-electron chi connectivity index (χ0n) is 8.89. The van der Waals surface area contributed by atoms with Crippen LogP contribution in [0.3, 0.4) is 0 Å². The van der Waals surface area contributed by atoms with Gasteiger partial charge in [0, 0.05) is 6.04 Å². The molecule has 0 aromatic rings. The molecule has 0 saturated carbocycles. The zero-order chi connectivity index (χ0) is 11.0. The van der Waals surface area contributed by atoms with Crippen LogP contribution in [0.15, 0.2) is 0 Å². The lowest BCUT2D eigenvalue weighted by molar-refractivity contribution is 0.0547. The second kappa shape index (κ2) is 8.17. The molecule has 0 radical (unpaired) electrons. The first-order chi connectivity index (χ1) is 6.61. The van der Waals surface area contributed by atoms with Crippen molar-refractivity contribution in [2.45, 2.75) is 57.3 Å². The van der Waals surface area contributed by atoms with Crippen LogP contribution in [0.4, 0.5) is 0 Å². The van der Waals surface area contributed by atoms with E-state index in [9.17, 15) is 5.11 Å². The summed E-state index contributed by atoms with van der Waals surface area (Å²) in [5.41, 5.74) is 5.65. The SMILES string of the molecule is CCCCC[C@@H](O)[C@@H](N)C[C@@H](O)CO. The van der Waals surface area contributed by atoms with Crippen LogP contribution in [0.2, 0.25) is 0 Å². The molecule has 0 spiro atoms. The van der Waals surface area contributed by atoms with E-state index >= 15 is 0 Å². The van der Waals surface area contributed by atoms with Crippen molar-refractivity contribution in [3.63, 3.8) is 0 Å². The van der Waals surface area contributed by atoms with E-state index in [0.717, 1.165) is 19.3 Å². The quantitative estimate of drug-likeness (QED) is 0.420. The Morgan fingerprint density at radius 3 is 2.36 bits per heavy atom. The molecule has 0 rings (SSSR count). The maximum Gasteiger partial charge on any atom is 0.0786 e. The van der Waals surface area contributed by atoms with Crippen LogP contribution in [0.1, 0.15) is 39.0 Å². The number of nitrogens with two attached hydrogens (primary N) is 1. The third-order valence-electron chi connectivity index (χ3n) is 2.35. The summed E-state index contributed by atoms with van der Waals surface area (Å²) < 4.78 is 0. The maximum atomic E-state index is 9.57. The molecule has 14 heavy (non-hydrogen) atoms. The van der Waals surface area contributed by atoms with Gasteiger partial charge < -0.3 is 21.1 Å². The third kappa shape index (κ3) is 6.32. The molecule has 5 N–H and O–H groups in total. The van der Waals surface area contributed by atoms with Gasteiger partial charge in [0.2, 0.25) is 0 Å². The van der Waals surface area contributed by atoms with Crippen LogP contribution in [-0.2, 0) is 0 Å². The largest absolute Gasteiger partial charge is 0.394 e. The van der Waals surface area contributed by atoms with Gasteiger partial charge in [0.15, 0.2) is 0 Å². The molecule has 0 aromatic carbocycles.